The number of hydrazine groups is 2. The van der Waals surface area contributed by atoms with Crippen LogP contribution >= 0.6 is 11.8 Å². The molecule has 12 nitrogen and oxygen atoms in total. The molecule has 1 atom stereocenters. The van der Waals surface area contributed by atoms with Crippen molar-refractivity contribution in [2.45, 2.75) is 17.3 Å². The van der Waals surface area contributed by atoms with E-state index in [9.17, 15) is 22.8 Å². The molecule has 14 heteroatoms. The van der Waals surface area contributed by atoms with Gasteiger partial charge in [0, 0.05) is 5.56 Å². The van der Waals surface area contributed by atoms with Crippen molar-refractivity contribution in [3.63, 3.8) is 0 Å². The predicted octanol–water partition coefficient (Wildman–Crippen LogP) is -0.176. The number of hydrogen-bond acceptors (Lipinski definition) is 9. The molecule has 1 aromatic heterocycles. The van der Waals surface area contributed by atoms with E-state index in [1.54, 1.807) is 37.3 Å². The van der Waals surface area contributed by atoms with Crippen LogP contribution in [0.4, 0.5) is 0 Å². The molecule has 0 bridgehead atoms. The molecule has 33 heavy (non-hydrogen) atoms. The highest BCUT2D eigenvalue weighted by molar-refractivity contribution is 8.03. The number of amides is 1. The van der Waals surface area contributed by atoms with Gasteiger partial charge in [-0.25, -0.2) is 19.7 Å². The van der Waals surface area contributed by atoms with E-state index in [2.05, 4.69) is 25.7 Å². The van der Waals surface area contributed by atoms with Gasteiger partial charge in [-0.05, 0) is 37.3 Å². The lowest BCUT2D eigenvalue weighted by Crippen LogP contribution is -2.50. The SMILES string of the molecule is CC1=C(NN)SC(NNS(=O)(=O)c2ccc3[nH]c(=O)c(=O)[nH]c3c2)N1C(=O)c1ccccc1. The number of carbonyl (C=O) groups is 1. The second-order valence-corrected chi connectivity index (χ2v) is 9.71. The molecule has 4 rings (SSSR count). The molecule has 0 aliphatic carbocycles. The van der Waals surface area contributed by atoms with Crippen LogP contribution in [0.2, 0.25) is 0 Å². The molecule has 0 spiro atoms. The van der Waals surface area contributed by atoms with Crippen LogP contribution in [-0.4, -0.2) is 34.7 Å². The van der Waals surface area contributed by atoms with E-state index >= 15 is 0 Å². The summed E-state index contributed by atoms with van der Waals surface area (Å²) >= 11 is 1.12. The highest BCUT2D eigenvalue weighted by Crippen LogP contribution is 2.35. The number of nitrogens with one attached hydrogen (secondary N) is 5. The summed E-state index contributed by atoms with van der Waals surface area (Å²) in [4.78, 5) is 44.2. The number of nitrogens with zero attached hydrogens (tertiary/aromatic N) is 1. The maximum Gasteiger partial charge on any atom is 0.314 e. The number of thioether (sulfide) groups is 1. The van der Waals surface area contributed by atoms with E-state index in [-0.39, 0.29) is 21.8 Å². The third kappa shape index (κ3) is 4.42. The second kappa shape index (κ2) is 8.84. The quantitative estimate of drug-likeness (QED) is 0.155. The van der Waals surface area contributed by atoms with E-state index in [1.165, 1.54) is 23.1 Å². The Balaban J connectivity index is 1.58. The molecule has 1 aliphatic rings. The van der Waals surface area contributed by atoms with Gasteiger partial charge in [0.1, 0.15) is 5.03 Å². The summed E-state index contributed by atoms with van der Waals surface area (Å²) in [7, 11) is -4.11. The van der Waals surface area contributed by atoms with Gasteiger partial charge in [-0.3, -0.25) is 19.3 Å². The Labute approximate surface area is 191 Å². The average Bonchev–Trinajstić information content (AvgIpc) is 3.13. The van der Waals surface area contributed by atoms with Crippen molar-refractivity contribution < 1.29 is 13.2 Å². The van der Waals surface area contributed by atoms with E-state index in [1.807, 2.05) is 0 Å². The predicted molar refractivity (Wildman–Crippen MR) is 123 cm³/mol. The first-order valence-corrected chi connectivity index (χ1v) is 11.8. The number of sulfonamides is 1. The first-order valence-electron chi connectivity index (χ1n) is 9.48. The maximum atomic E-state index is 13.1. The highest BCUT2D eigenvalue weighted by Gasteiger charge is 2.36. The van der Waals surface area contributed by atoms with Crippen LogP contribution < -0.4 is 32.6 Å². The largest absolute Gasteiger partial charge is 0.317 e. The van der Waals surface area contributed by atoms with Crippen LogP contribution in [0.1, 0.15) is 17.3 Å². The number of rotatable bonds is 6. The standard InChI is InChI=1S/C19H19N7O5S2/c1-10-17(23-20)32-19(26(10)18(29)11-5-3-2-4-6-11)24-25-33(30,31)12-7-8-13-14(9-12)22-16(28)15(27)21-13/h2-9,19,23-25H,20H2,1H3,(H,21,27)(H,22,28). The average molecular weight is 490 g/mol. The van der Waals surface area contributed by atoms with Crippen molar-refractivity contribution in [1.29, 1.82) is 0 Å². The lowest BCUT2D eigenvalue weighted by Gasteiger charge is -2.26. The van der Waals surface area contributed by atoms with Gasteiger partial charge in [-0.1, -0.05) is 30.0 Å². The minimum Gasteiger partial charge on any atom is -0.317 e. The summed E-state index contributed by atoms with van der Waals surface area (Å²) in [5.41, 5.74) is 3.92. The Morgan fingerprint density at radius 2 is 1.73 bits per heavy atom. The first kappa shape index (κ1) is 22.8. The zero-order valence-electron chi connectivity index (χ0n) is 17.1. The highest BCUT2D eigenvalue weighted by atomic mass is 32.2. The van der Waals surface area contributed by atoms with E-state index < -0.39 is 26.6 Å². The third-order valence-electron chi connectivity index (χ3n) is 4.85. The zero-order valence-corrected chi connectivity index (χ0v) is 18.7. The maximum absolute atomic E-state index is 13.1. The molecule has 1 aliphatic heterocycles. The van der Waals surface area contributed by atoms with Crippen molar-refractivity contribution in [2.75, 3.05) is 0 Å². The number of hydrogen-bond donors (Lipinski definition) is 6. The van der Waals surface area contributed by atoms with Crippen LogP contribution in [-0.2, 0) is 10.0 Å². The number of carbonyl (C=O) groups excluding carboxylic acids is 1. The van der Waals surface area contributed by atoms with E-state index in [4.69, 9.17) is 5.84 Å². The molecule has 3 aromatic rings. The third-order valence-corrected chi connectivity index (χ3v) is 7.31. The minimum absolute atomic E-state index is 0.144. The van der Waals surface area contributed by atoms with Gasteiger partial charge in [0.25, 0.3) is 15.9 Å². The first-order chi connectivity index (χ1) is 15.7. The van der Waals surface area contributed by atoms with Crippen LogP contribution in [0, 0.1) is 0 Å². The Morgan fingerprint density at radius 3 is 2.39 bits per heavy atom. The fourth-order valence-corrected chi connectivity index (χ4v) is 5.21. The van der Waals surface area contributed by atoms with Crippen molar-refractivity contribution in [2.24, 2.45) is 5.84 Å². The molecule has 0 saturated carbocycles. The topological polar surface area (TPSA) is 182 Å². The van der Waals surface area contributed by atoms with Crippen LogP contribution in [0.3, 0.4) is 0 Å². The molecule has 0 saturated heterocycles. The summed E-state index contributed by atoms with van der Waals surface area (Å²) in [5, 5.41) is 0.489. The van der Waals surface area contributed by atoms with Crippen LogP contribution in [0.25, 0.3) is 11.0 Å². The van der Waals surface area contributed by atoms with Crippen LogP contribution in [0.15, 0.2) is 73.7 Å². The fourth-order valence-electron chi connectivity index (χ4n) is 3.19. The molecule has 1 amide bonds. The Morgan fingerprint density at radius 1 is 1.06 bits per heavy atom. The van der Waals surface area contributed by atoms with Gasteiger partial charge < -0.3 is 15.4 Å². The molecule has 172 valence electrons. The lowest BCUT2D eigenvalue weighted by atomic mass is 10.2. The Kier molecular flexibility index (Phi) is 6.09. The van der Waals surface area contributed by atoms with Crippen molar-refractivity contribution >= 4 is 38.7 Å². The fraction of sp³-hybridized carbons (Fsp3) is 0.105. The van der Waals surface area contributed by atoms with Crippen LogP contribution in [0.5, 0.6) is 0 Å². The summed E-state index contributed by atoms with van der Waals surface area (Å²) in [6.07, 6.45) is 0. The van der Waals surface area contributed by atoms with Crippen molar-refractivity contribution in [3.05, 3.63) is 85.5 Å². The Hall–Kier alpha value is -3.43. The summed E-state index contributed by atoms with van der Waals surface area (Å²) in [5.74, 6) is 5.20. The second-order valence-electron chi connectivity index (χ2n) is 6.94. The van der Waals surface area contributed by atoms with Gasteiger partial charge in [0.05, 0.1) is 21.6 Å². The van der Waals surface area contributed by atoms with Gasteiger partial charge in [-0.2, -0.15) is 0 Å². The molecule has 7 N–H and O–H groups in total. The smallest absolute Gasteiger partial charge is 0.314 e. The number of allylic oxidation sites excluding steroid dienone is 1. The molecule has 1 unspecified atom stereocenters. The summed E-state index contributed by atoms with van der Waals surface area (Å²) in [6, 6.07) is 12.4. The van der Waals surface area contributed by atoms with Crippen molar-refractivity contribution in [3.8, 4) is 0 Å². The van der Waals surface area contributed by atoms with Gasteiger partial charge in [0.2, 0.25) is 0 Å². The number of nitrogens with two attached hydrogens (primary N) is 1. The molecule has 0 fully saturated rings. The van der Waals surface area contributed by atoms with Crippen molar-refractivity contribution in [1.82, 2.24) is 30.6 Å². The minimum atomic E-state index is -4.11. The molecular weight excluding hydrogens is 470 g/mol. The van der Waals surface area contributed by atoms with E-state index in [0.717, 1.165) is 11.8 Å². The Bertz CT molecular complexity index is 1480. The number of aromatic amines is 2. The molecule has 0 radical (unpaired) electrons. The number of aromatic nitrogens is 2. The normalized spacial score (nSPS) is 16.4. The van der Waals surface area contributed by atoms with Gasteiger partial charge >= 0.3 is 11.1 Å². The van der Waals surface area contributed by atoms with Gasteiger partial charge in [-0.15, -0.1) is 4.83 Å². The molecule has 2 heterocycles. The number of fused-ring (bicyclic) bond motifs is 1. The summed E-state index contributed by atoms with van der Waals surface area (Å²) < 4.78 is 25.7. The lowest BCUT2D eigenvalue weighted by molar-refractivity contribution is 0.0778. The van der Waals surface area contributed by atoms with Gasteiger partial charge in [0.15, 0.2) is 5.50 Å². The molecule has 2 aromatic carbocycles. The summed E-state index contributed by atoms with van der Waals surface area (Å²) in [6.45, 7) is 1.68. The monoisotopic (exact) mass is 489 g/mol. The van der Waals surface area contributed by atoms with E-state index in [0.29, 0.717) is 16.3 Å². The number of benzene rings is 2. The molecular formula is C19H19N7O5S2. The zero-order chi connectivity index (χ0) is 23.8. The number of H-pyrrole nitrogens is 2.